The van der Waals surface area contributed by atoms with Crippen molar-refractivity contribution in [3.05, 3.63) is 0 Å². The maximum Gasteiger partial charge on any atom is 0.411 e. The highest BCUT2D eigenvalue weighted by Crippen LogP contribution is 2.36. The van der Waals surface area contributed by atoms with E-state index in [1.807, 2.05) is 0 Å². The number of aliphatic hydroxyl groups is 1. The molecular weight excluding hydrogens is 318 g/mol. The molecule has 1 N–H and O–H groups in total. The third-order valence-electron chi connectivity index (χ3n) is 4.02. The van der Waals surface area contributed by atoms with E-state index in [0.717, 1.165) is 0 Å². The molecule has 0 radical (unpaired) electrons. The van der Waals surface area contributed by atoms with Crippen LogP contribution in [0.3, 0.4) is 0 Å². The molecule has 1 rings (SSSR count). The highest BCUT2D eigenvalue weighted by atomic mass is 16.6. The maximum atomic E-state index is 12.5. The number of amides is 1. The van der Waals surface area contributed by atoms with Gasteiger partial charge in [0.15, 0.2) is 0 Å². The quantitative estimate of drug-likeness (QED) is 0.598. The number of hydrogen-bond acceptors (Lipinski definition) is 7. The minimum absolute atomic E-state index is 0.0913. The lowest BCUT2D eigenvalue weighted by Gasteiger charge is -2.28. The van der Waals surface area contributed by atoms with Gasteiger partial charge in [-0.3, -0.25) is 9.69 Å². The fraction of sp³-hybridized carbons (Fsp3) is 0.812. The van der Waals surface area contributed by atoms with E-state index in [0.29, 0.717) is 0 Å². The molecule has 0 aromatic heterocycles. The van der Waals surface area contributed by atoms with Crippen molar-refractivity contribution >= 4 is 18.0 Å². The van der Waals surface area contributed by atoms with Crippen LogP contribution in [0.1, 0.15) is 34.1 Å². The third kappa shape index (κ3) is 4.83. The molecule has 1 amide bonds. The number of likely N-dealkylation sites (tertiary alicyclic amines) is 1. The standard InChI is InChI=1S/C16H27NO7/c1-9(18)11-8-17(15(21)24-16(2,3)4)13(14(20)23-6)10(11)7-12(19)22-5/h9-11,13,18H,7-8H2,1-6H3/t9-,10+,11-,13+/m1/s1. The van der Waals surface area contributed by atoms with Crippen molar-refractivity contribution in [3.63, 3.8) is 0 Å². The van der Waals surface area contributed by atoms with Crippen molar-refractivity contribution < 1.29 is 33.7 Å². The predicted octanol–water partition coefficient (Wildman–Crippen LogP) is 0.955. The molecule has 8 heteroatoms. The molecule has 24 heavy (non-hydrogen) atoms. The first-order valence-electron chi connectivity index (χ1n) is 7.84. The smallest absolute Gasteiger partial charge is 0.411 e. The van der Waals surface area contributed by atoms with E-state index in [4.69, 9.17) is 9.47 Å². The topological polar surface area (TPSA) is 102 Å². The van der Waals surface area contributed by atoms with Crippen LogP contribution in [-0.4, -0.2) is 66.5 Å². The number of esters is 2. The monoisotopic (exact) mass is 345 g/mol. The van der Waals surface area contributed by atoms with Gasteiger partial charge in [0.1, 0.15) is 11.6 Å². The summed E-state index contributed by atoms with van der Waals surface area (Å²) in [4.78, 5) is 37.6. The molecule has 0 saturated carbocycles. The van der Waals surface area contributed by atoms with Crippen LogP contribution in [-0.2, 0) is 23.8 Å². The van der Waals surface area contributed by atoms with Crippen LogP contribution in [0.15, 0.2) is 0 Å². The first-order valence-corrected chi connectivity index (χ1v) is 7.84. The normalized spacial score (nSPS) is 25.1. The number of rotatable bonds is 4. The molecule has 0 aliphatic carbocycles. The fourth-order valence-corrected chi connectivity index (χ4v) is 2.92. The second kappa shape index (κ2) is 7.83. The molecule has 1 heterocycles. The predicted molar refractivity (Wildman–Crippen MR) is 84.0 cm³/mol. The van der Waals surface area contributed by atoms with Crippen molar-refractivity contribution in [1.82, 2.24) is 4.90 Å². The van der Waals surface area contributed by atoms with Crippen LogP contribution in [0, 0.1) is 11.8 Å². The molecule has 0 spiro atoms. The van der Waals surface area contributed by atoms with Crippen molar-refractivity contribution in [1.29, 1.82) is 0 Å². The van der Waals surface area contributed by atoms with E-state index in [1.54, 1.807) is 27.7 Å². The van der Waals surface area contributed by atoms with Gasteiger partial charge in [-0.15, -0.1) is 0 Å². The lowest BCUT2D eigenvalue weighted by Crippen LogP contribution is -2.46. The lowest BCUT2D eigenvalue weighted by molar-refractivity contribution is -0.149. The molecular formula is C16H27NO7. The Morgan fingerprint density at radius 3 is 2.21 bits per heavy atom. The van der Waals surface area contributed by atoms with E-state index >= 15 is 0 Å². The molecule has 4 atom stereocenters. The van der Waals surface area contributed by atoms with E-state index < -0.39 is 47.6 Å². The highest BCUT2D eigenvalue weighted by molar-refractivity contribution is 5.83. The molecule has 1 aliphatic rings. The first-order chi connectivity index (χ1) is 11.0. The second-order valence-corrected chi connectivity index (χ2v) is 6.95. The first kappa shape index (κ1) is 20.2. The number of carbonyl (C=O) groups excluding carboxylic acids is 3. The Balaban J connectivity index is 3.16. The molecule has 138 valence electrons. The van der Waals surface area contributed by atoms with Crippen molar-refractivity contribution in [3.8, 4) is 0 Å². The average Bonchev–Trinajstić information content (AvgIpc) is 2.84. The Morgan fingerprint density at radius 2 is 1.79 bits per heavy atom. The Morgan fingerprint density at radius 1 is 1.21 bits per heavy atom. The SMILES string of the molecule is COC(=O)C[C@H]1[C@@H]([C@@H](C)O)CN(C(=O)OC(C)(C)C)[C@@H]1C(=O)OC. The largest absolute Gasteiger partial charge is 0.469 e. The van der Waals surface area contributed by atoms with Crippen LogP contribution in [0.4, 0.5) is 4.79 Å². The van der Waals surface area contributed by atoms with E-state index in [9.17, 15) is 19.5 Å². The van der Waals surface area contributed by atoms with Gasteiger partial charge in [0.2, 0.25) is 0 Å². The van der Waals surface area contributed by atoms with Gasteiger partial charge in [-0.05, 0) is 27.7 Å². The van der Waals surface area contributed by atoms with Gasteiger partial charge in [0, 0.05) is 18.4 Å². The van der Waals surface area contributed by atoms with Gasteiger partial charge in [-0.25, -0.2) is 9.59 Å². The van der Waals surface area contributed by atoms with Gasteiger partial charge < -0.3 is 19.3 Å². The number of nitrogens with zero attached hydrogens (tertiary/aromatic N) is 1. The summed E-state index contributed by atoms with van der Waals surface area (Å²) in [7, 11) is 2.45. The van der Waals surface area contributed by atoms with Crippen LogP contribution < -0.4 is 0 Å². The molecule has 1 aliphatic heterocycles. The zero-order valence-corrected chi connectivity index (χ0v) is 15.1. The average molecular weight is 345 g/mol. The van der Waals surface area contributed by atoms with Gasteiger partial charge in [-0.1, -0.05) is 0 Å². The third-order valence-corrected chi connectivity index (χ3v) is 4.02. The van der Waals surface area contributed by atoms with Gasteiger partial charge >= 0.3 is 18.0 Å². The summed E-state index contributed by atoms with van der Waals surface area (Å²) >= 11 is 0. The summed E-state index contributed by atoms with van der Waals surface area (Å²) in [6, 6.07) is -1.01. The lowest BCUT2D eigenvalue weighted by atomic mass is 9.84. The Hall–Kier alpha value is -1.83. The number of hydrogen-bond donors (Lipinski definition) is 1. The maximum absolute atomic E-state index is 12.5. The molecule has 0 aromatic carbocycles. The molecule has 1 saturated heterocycles. The number of aliphatic hydroxyl groups excluding tert-OH is 1. The number of ether oxygens (including phenoxy) is 3. The summed E-state index contributed by atoms with van der Waals surface area (Å²) in [5.74, 6) is -2.26. The Labute approximate surface area is 142 Å². The minimum atomic E-state index is -1.01. The van der Waals surface area contributed by atoms with Crippen molar-refractivity contribution in [2.24, 2.45) is 11.8 Å². The van der Waals surface area contributed by atoms with Crippen LogP contribution in [0.5, 0.6) is 0 Å². The fourth-order valence-electron chi connectivity index (χ4n) is 2.92. The Bertz CT molecular complexity index is 483. The Kier molecular flexibility index (Phi) is 6.59. The molecule has 8 nitrogen and oxygen atoms in total. The number of carbonyl (C=O) groups is 3. The van der Waals surface area contributed by atoms with Crippen molar-refractivity contribution in [2.45, 2.75) is 51.9 Å². The van der Waals surface area contributed by atoms with Gasteiger partial charge in [0.25, 0.3) is 0 Å². The zero-order valence-electron chi connectivity index (χ0n) is 15.1. The zero-order chi connectivity index (χ0) is 18.7. The van der Waals surface area contributed by atoms with E-state index in [2.05, 4.69) is 4.74 Å². The minimum Gasteiger partial charge on any atom is -0.469 e. The van der Waals surface area contributed by atoms with Crippen molar-refractivity contribution in [2.75, 3.05) is 20.8 Å². The second-order valence-electron chi connectivity index (χ2n) is 6.95. The van der Waals surface area contributed by atoms with Gasteiger partial charge in [0.05, 0.1) is 26.7 Å². The summed E-state index contributed by atoms with van der Waals surface area (Å²) in [5.41, 5.74) is -0.738. The van der Waals surface area contributed by atoms with E-state index in [-0.39, 0.29) is 13.0 Å². The van der Waals surface area contributed by atoms with Crippen LogP contribution in [0.25, 0.3) is 0 Å². The summed E-state index contributed by atoms with van der Waals surface area (Å²) < 4.78 is 14.8. The summed E-state index contributed by atoms with van der Waals surface area (Å²) in [6.07, 6.45) is -1.61. The summed E-state index contributed by atoms with van der Waals surface area (Å²) in [5, 5.41) is 10.0. The number of methoxy groups -OCH3 is 2. The molecule has 0 unspecified atom stereocenters. The highest BCUT2D eigenvalue weighted by Gasteiger charge is 2.51. The van der Waals surface area contributed by atoms with Crippen LogP contribution >= 0.6 is 0 Å². The van der Waals surface area contributed by atoms with Crippen LogP contribution in [0.2, 0.25) is 0 Å². The van der Waals surface area contributed by atoms with Gasteiger partial charge in [-0.2, -0.15) is 0 Å². The summed E-state index contributed by atoms with van der Waals surface area (Å²) in [6.45, 7) is 6.79. The molecule has 0 bridgehead atoms. The van der Waals surface area contributed by atoms with E-state index in [1.165, 1.54) is 19.1 Å². The molecule has 1 fully saturated rings. The molecule has 0 aromatic rings.